The molecular formula is C14H16F2N6. The highest BCUT2D eigenvalue weighted by Crippen LogP contribution is 2.52. The van der Waals surface area contributed by atoms with Crippen LogP contribution in [0.15, 0.2) is 12.4 Å². The third-order valence-corrected chi connectivity index (χ3v) is 3.71. The van der Waals surface area contributed by atoms with Gasteiger partial charge in [0.15, 0.2) is 5.82 Å². The fraction of sp³-hybridized carbons (Fsp3) is 0.500. The van der Waals surface area contributed by atoms with Crippen molar-refractivity contribution in [1.29, 1.82) is 5.26 Å². The summed E-state index contributed by atoms with van der Waals surface area (Å²) < 4.78 is 27.3. The van der Waals surface area contributed by atoms with Gasteiger partial charge < -0.3 is 5.32 Å². The molecule has 2 aromatic heterocycles. The number of hydrogen-bond acceptors (Lipinski definition) is 4. The van der Waals surface area contributed by atoms with Crippen molar-refractivity contribution in [2.45, 2.75) is 44.7 Å². The van der Waals surface area contributed by atoms with Crippen LogP contribution in [0.4, 0.5) is 14.6 Å². The highest BCUT2D eigenvalue weighted by atomic mass is 19.3. The molecule has 1 saturated carbocycles. The molecule has 0 saturated heterocycles. The fourth-order valence-electron chi connectivity index (χ4n) is 2.33. The Hall–Kier alpha value is -2.43. The van der Waals surface area contributed by atoms with E-state index in [4.69, 9.17) is 0 Å². The second-order valence-corrected chi connectivity index (χ2v) is 5.79. The molecule has 2 aromatic rings. The van der Waals surface area contributed by atoms with Gasteiger partial charge in [-0.2, -0.15) is 15.5 Å². The fourth-order valence-corrected chi connectivity index (χ4v) is 2.33. The molecule has 1 aliphatic rings. The van der Waals surface area contributed by atoms with Crippen molar-refractivity contribution in [3.8, 4) is 6.07 Å². The molecule has 3 rings (SSSR count). The van der Waals surface area contributed by atoms with Gasteiger partial charge in [-0.05, 0) is 5.92 Å². The standard InChI is InChI=1S/C14H16F2N6/c1-8(2)12-10(4-17)13(21-20-12)18-5-9-6-19-22(7-9)11-3-14(11,15)16/h6-8,11H,3,5H2,1-2H3,(H2,18,20,21). The van der Waals surface area contributed by atoms with Crippen LogP contribution in [0.2, 0.25) is 0 Å². The summed E-state index contributed by atoms with van der Waals surface area (Å²) in [6.07, 6.45) is 2.99. The maximum atomic E-state index is 13.0. The Morgan fingerprint density at radius 1 is 1.59 bits per heavy atom. The second kappa shape index (κ2) is 5.09. The summed E-state index contributed by atoms with van der Waals surface area (Å²) in [6, 6.07) is 1.30. The monoisotopic (exact) mass is 306 g/mol. The Morgan fingerprint density at radius 2 is 2.32 bits per heavy atom. The van der Waals surface area contributed by atoms with Gasteiger partial charge in [0.1, 0.15) is 17.7 Å². The van der Waals surface area contributed by atoms with E-state index in [1.165, 1.54) is 4.68 Å². The Balaban J connectivity index is 1.68. The third-order valence-electron chi connectivity index (χ3n) is 3.71. The molecule has 1 aliphatic carbocycles. The predicted octanol–water partition coefficient (Wildman–Crippen LogP) is 2.79. The van der Waals surface area contributed by atoms with Crippen LogP contribution < -0.4 is 5.32 Å². The predicted molar refractivity (Wildman–Crippen MR) is 75.5 cm³/mol. The number of H-pyrrole nitrogens is 1. The average Bonchev–Trinajstić information content (AvgIpc) is 2.88. The van der Waals surface area contributed by atoms with Crippen LogP contribution in [0.3, 0.4) is 0 Å². The lowest BCUT2D eigenvalue weighted by Crippen LogP contribution is -2.03. The number of anilines is 1. The van der Waals surface area contributed by atoms with E-state index in [2.05, 4.69) is 26.7 Å². The summed E-state index contributed by atoms with van der Waals surface area (Å²) >= 11 is 0. The average molecular weight is 306 g/mol. The largest absolute Gasteiger partial charge is 0.363 e. The molecule has 2 heterocycles. The number of aromatic amines is 1. The molecule has 2 N–H and O–H groups in total. The van der Waals surface area contributed by atoms with Crippen molar-refractivity contribution in [2.24, 2.45) is 0 Å². The van der Waals surface area contributed by atoms with Crippen molar-refractivity contribution in [1.82, 2.24) is 20.0 Å². The van der Waals surface area contributed by atoms with Crippen molar-refractivity contribution in [3.05, 3.63) is 29.2 Å². The molecule has 8 heteroatoms. The molecule has 0 bridgehead atoms. The molecule has 1 fully saturated rings. The van der Waals surface area contributed by atoms with Crippen molar-refractivity contribution in [3.63, 3.8) is 0 Å². The number of hydrogen-bond donors (Lipinski definition) is 2. The first-order valence-electron chi connectivity index (χ1n) is 7.05. The summed E-state index contributed by atoms with van der Waals surface area (Å²) in [6.45, 7) is 4.31. The van der Waals surface area contributed by atoms with Gasteiger partial charge in [0.25, 0.3) is 5.92 Å². The number of alkyl halides is 2. The van der Waals surface area contributed by atoms with Gasteiger partial charge in [0.05, 0.1) is 11.9 Å². The first kappa shape index (κ1) is 14.5. The van der Waals surface area contributed by atoms with E-state index in [9.17, 15) is 14.0 Å². The Labute approximate surface area is 126 Å². The molecule has 1 atom stereocenters. The van der Waals surface area contributed by atoms with E-state index in [1.807, 2.05) is 13.8 Å². The van der Waals surface area contributed by atoms with Gasteiger partial charge in [-0.25, -0.2) is 8.78 Å². The van der Waals surface area contributed by atoms with Gasteiger partial charge in [-0.1, -0.05) is 13.8 Å². The summed E-state index contributed by atoms with van der Waals surface area (Å²) in [5.41, 5.74) is 2.02. The van der Waals surface area contributed by atoms with Crippen molar-refractivity contribution >= 4 is 5.82 Å². The minimum Gasteiger partial charge on any atom is -0.363 e. The zero-order valence-corrected chi connectivity index (χ0v) is 12.3. The summed E-state index contributed by atoms with van der Waals surface area (Å²) in [5.74, 6) is -2.01. The number of rotatable bonds is 5. The van der Waals surface area contributed by atoms with Crippen molar-refractivity contribution < 1.29 is 8.78 Å². The molecular weight excluding hydrogens is 290 g/mol. The molecule has 1 unspecified atom stereocenters. The zero-order valence-electron chi connectivity index (χ0n) is 12.3. The maximum absolute atomic E-state index is 13.0. The lowest BCUT2D eigenvalue weighted by atomic mass is 10.1. The van der Waals surface area contributed by atoms with Crippen LogP contribution in [0.1, 0.15) is 49.0 Å². The number of nitriles is 1. The first-order valence-corrected chi connectivity index (χ1v) is 7.05. The van der Waals surface area contributed by atoms with Gasteiger partial charge in [-0.3, -0.25) is 9.78 Å². The Morgan fingerprint density at radius 3 is 2.91 bits per heavy atom. The highest BCUT2D eigenvalue weighted by Gasteiger charge is 2.59. The first-order chi connectivity index (χ1) is 10.4. The summed E-state index contributed by atoms with van der Waals surface area (Å²) in [7, 11) is 0. The maximum Gasteiger partial charge on any atom is 0.272 e. The van der Waals surface area contributed by atoms with E-state index in [0.29, 0.717) is 17.9 Å². The normalized spacial score (nSPS) is 19.2. The summed E-state index contributed by atoms with van der Waals surface area (Å²) in [5, 5.41) is 23.2. The van der Waals surface area contributed by atoms with Crippen LogP contribution >= 0.6 is 0 Å². The molecule has 0 amide bonds. The van der Waals surface area contributed by atoms with Crippen LogP contribution in [0, 0.1) is 11.3 Å². The van der Waals surface area contributed by atoms with Crippen LogP contribution in [0.25, 0.3) is 0 Å². The molecule has 0 radical (unpaired) electrons. The van der Waals surface area contributed by atoms with E-state index < -0.39 is 12.0 Å². The number of aromatic nitrogens is 4. The SMILES string of the molecule is CC(C)c1[nH]nc(NCc2cnn(C3CC3(F)F)c2)c1C#N. The van der Waals surface area contributed by atoms with Gasteiger partial charge in [0, 0.05) is 24.7 Å². The third kappa shape index (κ3) is 2.54. The Bertz CT molecular complexity index is 724. The molecule has 6 nitrogen and oxygen atoms in total. The quantitative estimate of drug-likeness (QED) is 0.890. The smallest absolute Gasteiger partial charge is 0.272 e. The number of halogens is 2. The van der Waals surface area contributed by atoms with Gasteiger partial charge in [0.2, 0.25) is 0 Å². The van der Waals surface area contributed by atoms with Crippen molar-refractivity contribution in [2.75, 3.05) is 5.32 Å². The topological polar surface area (TPSA) is 82.3 Å². The second-order valence-electron chi connectivity index (χ2n) is 5.79. The number of nitrogens with zero attached hydrogens (tertiary/aromatic N) is 4. The van der Waals surface area contributed by atoms with E-state index >= 15 is 0 Å². The molecule has 0 aromatic carbocycles. The molecule has 22 heavy (non-hydrogen) atoms. The zero-order chi connectivity index (χ0) is 15.9. The minimum atomic E-state index is -2.64. The van der Waals surface area contributed by atoms with Gasteiger partial charge >= 0.3 is 0 Å². The Kier molecular flexibility index (Phi) is 3.35. The highest BCUT2D eigenvalue weighted by molar-refractivity contribution is 5.55. The van der Waals surface area contributed by atoms with E-state index in [1.54, 1.807) is 12.4 Å². The minimum absolute atomic E-state index is 0.156. The lowest BCUT2D eigenvalue weighted by Gasteiger charge is -2.03. The van der Waals surface area contributed by atoms with E-state index in [0.717, 1.165) is 11.3 Å². The van der Waals surface area contributed by atoms with Crippen LogP contribution in [-0.2, 0) is 6.54 Å². The summed E-state index contributed by atoms with van der Waals surface area (Å²) in [4.78, 5) is 0. The van der Waals surface area contributed by atoms with Gasteiger partial charge in [-0.15, -0.1) is 0 Å². The van der Waals surface area contributed by atoms with Crippen LogP contribution in [-0.4, -0.2) is 25.9 Å². The molecule has 0 aliphatic heterocycles. The lowest BCUT2D eigenvalue weighted by molar-refractivity contribution is 0.0983. The number of nitrogens with one attached hydrogen (secondary N) is 2. The van der Waals surface area contributed by atoms with Crippen LogP contribution in [0.5, 0.6) is 0 Å². The van der Waals surface area contributed by atoms with E-state index in [-0.39, 0.29) is 12.3 Å². The molecule has 0 spiro atoms. The molecule has 116 valence electrons.